The zero-order chi connectivity index (χ0) is 17.1. The van der Waals surface area contributed by atoms with Crippen LogP contribution in [0.2, 0.25) is 0 Å². The van der Waals surface area contributed by atoms with Crippen molar-refractivity contribution < 1.29 is 14.3 Å². The van der Waals surface area contributed by atoms with Crippen molar-refractivity contribution >= 4 is 11.5 Å². The van der Waals surface area contributed by atoms with Crippen LogP contribution in [-0.2, 0) is 6.42 Å². The van der Waals surface area contributed by atoms with E-state index in [9.17, 15) is 4.79 Å². The Hall–Kier alpha value is -2.62. The number of ether oxygens (including phenoxy) is 2. The molecule has 1 heterocycles. The third kappa shape index (κ3) is 3.18. The molecular weight excluding hydrogens is 302 g/mol. The number of nitrogens with zero attached hydrogens (tertiary/aromatic N) is 1. The fourth-order valence-corrected chi connectivity index (χ4v) is 2.94. The first-order valence-electron chi connectivity index (χ1n) is 8.01. The summed E-state index contributed by atoms with van der Waals surface area (Å²) in [6.45, 7) is 2.70. The molecule has 1 aliphatic rings. The van der Waals surface area contributed by atoms with Gasteiger partial charge in [0.2, 0.25) is 0 Å². The van der Waals surface area contributed by atoms with Crippen LogP contribution >= 0.6 is 0 Å². The summed E-state index contributed by atoms with van der Waals surface area (Å²) >= 11 is 0. The van der Waals surface area contributed by atoms with Crippen molar-refractivity contribution in [3.63, 3.8) is 0 Å². The van der Waals surface area contributed by atoms with Crippen LogP contribution in [0.1, 0.15) is 33.5 Å². The molecule has 0 radical (unpaired) electrons. The molecule has 2 aromatic rings. The van der Waals surface area contributed by atoms with E-state index < -0.39 is 0 Å². The number of hydrogen-bond acceptors (Lipinski definition) is 4. The van der Waals surface area contributed by atoms with Crippen LogP contribution in [0.15, 0.2) is 41.4 Å². The largest absolute Gasteiger partial charge is 0.493 e. The minimum atomic E-state index is 0.0800. The molecular formula is C20H21NO3. The number of aryl methyl sites for hydroxylation is 1. The number of hydrogen-bond donors (Lipinski definition) is 0. The predicted molar refractivity (Wildman–Crippen MR) is 94.8 cm³/mol. The van der Waals surface area contributed by atoms with Crippen LogP contribution in [-0.4, -0.2) is 32.3 Å². The van der Waals surface area contributed by atoms with E-state index in [1.165, 1.54) is 0 Å². The zero-order valence-electron chi connectivity index (χ0n) is 14.3. The second-order valence-corrected chi connectivity index (χ2v) is 5.91. The molecule has 0 spiro atoms. The summed E-state index contributed by atoms with van der Waals surface area (Å²) < 4.78 is 10.8. The summed E-state index contributed by atoms with van der Waals surface area (Å²) in [5.74, 6) is 1.45. The molecule has 24 heavy (non-hydrogen) atoms. The van der Waals surface area contributed by atoms with Crippen molar-refractivity contribution in [3.05, 3.63) is 58.7 Å². The first-order chi connectivity index (χ1) is 11.6. The average Bonchev–Trinajstić information content (AvgIpc) is 2.61. The van der Waals surface area contributed by atoms with E-state index in [-0.39, 0.29) is 5.78 Å². The van der Waals surface area contributed by atoms with Gasteiger partial charge in [0.25, 0.3) is 0 Å². The number of fused-ring (bicyclic) bond motifs is 1. The summed E-state index contributed by atoms with van der Waals surface area (Å²) in [6.07, 6.45) is 1.14. The molecule has 1 aliphatic heterocycles. The Labute approximate surface area is 142 Å². The van der Waals surface area contributed by atoms with E-state index >= 15 is 0 Å². The monoisotopic (exact) mass is 323 g/mol. The first kappa shape index (κ1) is 16.2. The van der Waals surface area contributed by atoms with Crippen molar-refractivity contribution in [2.45, 2.75) is 19.8 Å². The van der Waals surface area contributed by atoms with Crippen molar-refractivity contribution in [2.24, 2.45) is 4.99 Å². The third-order valence-electron chi connectivity index (χ3n) is 4.31. The molecule has 0 unspecified atom stereocenters. The van der Waals surface area contributed by atoms with Gasteiger partial charge in [0.1, 0.15) is 0 Å². The summed E-state index contributed by atoms with van der Waals surface area (Å²) in [6, 6.07) is 11.6. The van der Waals surface area contributed by atoms with Crippen molar-refractivity contribution in [1.29, 1.82) is 0 Å². The van der Waals surface area contributed by atoms with Gasteiger partial charge in [-0.15, -0.1) is 0 Å². The Morgan fingerprint density at radius 2 is 1.75 bits per heavy atom. The van der Waals surface area contributed by atoms with Crippen LogP contribution in [0.3, 0.4) is 0 Å². The molecule has 2 aromatic carbocycles. The molecule has 124 valence electrons. The third-order valence-corrected chi connectivity index (χ3v) is 4.31. The second-order valence-electron chi connectivity index (χ2n) is 5.91. The lowest BCUT2D eigenvalue weighted by atomic mass is 9.92. The summed E-state index contributed by atoms with van der Waals surface area (Å²) in [4.78, 5) is 17.2. The van der Waals surface area contributed by atoms with E-state index in [2.05, 4.69) is 4.99 Å². The zero-order valence-corrected chi connectivity index (χ0v) is 14.3. The highest BCUT2D eigenvalue weighted by Crippen LogP contribution is 2.33. The number of benzene rings is 2. The van der Waals surface area contributed by atoms with E-state index in [0.29, 0.717) is 24.5 Å². The highest BCUT2D eigenvalue weighted by atomic mass is 16.5. The van der Waals surface area contributed by atoms with Crippen molar-refractivity contribution in [1.82, 2.24) is 0 Å². The average molecular weight is 323 g/mol. The van der Waals surface area contributed by atoms with Crippen LogP contribution in [0.5, 0.6) is 11.5 Å². The van der Waals surface area contributed by atoms with Crippen LogP contribution < -0.4 is 9.47 Å². The molecule has 0 saturated carbocycles. The quantitative estimate of drug-likeness (QED) is 0.790. The van der Waals surface area contributed by atoms with E-state index in [0.717, 1.165) is 34.4 Å². The molecule has 0 aromatic heterocycles. The molecule has 4 nitrogen and oxygen atoms in total. The number of Topliss-reactive ketones (excluding diaryl/α,β-unsaturated/α-hetero) is 1. The Morgan fingerprint density at radius 3 is 2.42 bits per heavy atom. The fraction of sp³-hybridized carbons (Fsp3) is 0.300. The highest BCUT2D eigenvalue weighted by Gasteiger charge is 2.20. The lowest BCUT2D eigenvalue weighted by Gasteiger charge is -2.19. The molecule has 0 saturated heterocycles. The summed E-state index contributed by atoms with van der Waals surface area (Å²) in [7, 11) is 3.24. The normalized spacial score (nSPS) is 13.0. The van der Waals surface area contributed by atoms with Gasteiger partial charge in [-0.2, -0.15) is 0 Å². The summed E-state index contributed by atoms with van der Waals surface area (Å²) in [5, 5.41) is 0. The van der Waals surface area contributed by atoms with Crippen molar-refractivity contribution in [2.75, 3.05) is 20.8 Å². The maximum absolute atomic E-state index is 12.6. The molecule has 0 aliphatic carbocycles. The first-order valence-corrected chi connectivity index (χ1v) is 8.01. The van der Waals surface area contributed by atoms with Gasteiger partial charge < -0.3 is 9.47 Å². The molecule has 3 rings (SSSR count). The smallest absolute Gasteiger partial charge is 0.168 e. The lowest BCUT2D eigenvalue weighted by Crippen LogP contribution is -2.17. The standard InChI is InChI=1S/C20H21NO3/c1-13-4-6-14(7-5-13)18(22)12-17-16-11-20(24-3)19(23-2)10-15(16)8-9-21-17/h4-7,10-11H,8-9,12H2,1-3H3. The van der Waals surface area contributed by atoms with Gasteiger partial charge in [0, 0.05) is 17.7 Å². The Kier molecular flexibility index (Phi) is 4.65. The minimum absolute atomic E-state index is 0.0800. The predicted octanol–water partition coefficient (Wildman–Crippen LogP) is 3.63. The van der Waals surface area contributed by atoms with Gasteiger partial charge in [-0.3, -0.25) is 9.79 Å². The maximum atomic E-state index is 12.6. The minimum Gasteiger partial charge on any atom is -0.493 e. The van der Waals surface area contributed by atoms with Crippen LogP contribution in [0, 0.1) is 6.92 Å². The summed E-state index contributed by atoms with van der Waals surface area (Å²) in [5.41, 5.74) is 4.82. The number of aliphatic imine (C=N–C) groups is 1. The number of methoxy groups -OCH3 is 2. The van der Waals surface area contributed by atoms with Gasteiger partial charge in [0.05, 0.1) is 26.4 Å². The van der Waals surface area contributed by atoms with Gasteiger partial charge >= 0.3 is 0 Å². The van der Waals surface area contributed by atoms with Gasteiger partial charge in [-0.1, -0.05) is 29.8 Å². The van der Waals surface area contributed by atoms with Gasteiger partial charge in [0.15, 0.2) is 17.3 Å². The van der Waals surface area contributed by atoms with Crippen LogP contribution in [0.4, 0.5) is 0 Å². The van der Waals surface area contributed by atoms with E-state index in [1.807, 2.05) is 43.3 Å². The molecule has 0 atom stereocenters. The number of carbonyl (C=O) groups is 1. The SMILES string of the molecule is COc1cc2c(cc1OC)C(CC(=O)c1ccc(C)cc1)=NCC2. The molecule has 4 heteroatoms. The van der Waals surface area contributed by atoms with Crippen molar-refractivity contribution in [3.8, 4) is 11.5 Å². The fourth-order valence-electron chi connectivity index (χ4n) is 2.94. The van der Waals surface area contributed by atoms with E-state index in [4.69, 9.17) is 9.47 Å². The number of rotatable bonds is 5. The van der Waals surface area contributed by atoms with Gasteiger partial charge in [-0.05, 0) is 31.0 Å². The Bertz CT molecular complexity index is 791. The number of ketones is 1. The molecule has 0 N–H and O–H groups in total. The van der Waals surface area contributed by atoms with Crippen LogP contribution in [0.25, 0.3) is 0 Å². The second kappa shape index (κ2) is 6.87. The molecule has 0 bridgehead atoms. The Balaban J connectivity index is 1.89. The maximum Gasteiger partial charge on any atom is 0.168 e. The molecule has 0 fully saturated rings. The highest BCUT2D eigenvalue weighted by molar-refractivity contribution is 6.16. The topological polar surface area (TPSA) is 47.9 Å². The molecule has 0 amide bonds. The lowest BCUT2D eigenvalue weighted by molar-refractivity contribution is 0.100. The van der Waals surface area contributed by atoms with E-state index in [1.54, 1.807) is 14.2 Å². The number of carbonyl (C=O) groups excluding carboxylic acids is 1. The van der Waals surface area contributed by atoms with Gasteiger partial charge in [-0.25, -0.2) is 0 Å². The Morgan fingerprint density at radius 1 is 1.08 bits per heavy atom.